The zero-order chi connectivity index (χ0) is 14.4. The molecule has 2 fully saturated rings. The Bertz CT molecular complexity index is 449. The Morgan fingerprint density at radius 3 is 2.50 bits per heavy atom. The molecule has 8 nitrogen and oxygen atoms in total. The van der Waals surface area contributed by atoms with Gasteiger partial charge in [0.15, 0.2) is 0 Å². The van der Waals surface area contributed by atoms with Gasteiger partial charge >= 0.3 is 41.7 Å². The third kappa shape index (κ3) is 2.87. The second-order valence-electron chi connectivity index (χ2n) is 4.31. The first-order valence-electron chi connectivity index (χ1n) is 5.41. The maximum atomic E-state index is 12.9. The second-order valence-corrected chi connectivity index (χ2v) is 4.31. The van der Waals surface area contributed by atoms with Crippen molar-refractivity contribution in [2.45, 2.75) is 31.0 Å². The zero-order valence-corrected chi connectivity index (χ0v) is 12.5. The molecule has 11 heteroatoms. The summed E-state index contributed by atoms with van der Waals surface area (Å²) < 4.78 is 25.8. The Labute approximate surface area is 134 Å². The molecular formula is C9H10F2N3NaO5. The van der Waals surface area contributed by atoms with Crippen LogP contribution in [0.1, 0.15) is 12.8 Å². The Morgan fingerprint density at radius 2 is 2.00 bits per heavy atom. The number of aliphatic carboxylic acids is 1. The van der Waals surface area contributed by atoms with Crippen molar-refractivity contribution in [1.29, 1.82) is 0 Å². The average Bonchev–Trinajstić information content (AvgIpc) is 2.54. The first kappa shape index (κ1) is 17.1. The van der Waals surface area contributed by atoms with Gasteiger partial charge in [-0.15, -0.1) is 0 Å². The molecule has 106 valence electrons. The van der Waals surface area contributed by atoms with Crippen LogP contribution in [0.3, 0.4) is 0 Å². The Morgan fingerprint density at radius 1 is 1.40 bits per heavy atom. The first-order valence-corrected chi connectivity index (χ1v) is 5.41. The number of hydrogen-bond acceptors (Lipinski definition) is 5. The quantitative estimate of drug-likeness (QED) is 0.522. The third-order valence-electron chi connectivity index (χ3n) is 3.10. The molecule has 0 aliphatic carbocycles. The average molecular weight is 301 g/mol. The molecule has 2 N–H and O–H groups in total. The van der Waals surface area contributed by atoms with E-state index in [1.54, 1.807) is 0 Å². The van der Waals surface area contributed by atoms with Gasteiger partial charge in [0, 0.05) is 6.54 Å². The van der Waals surface area contributed by atoms with Crippen LogP contribution in [0.15, 0.2) is 0 Å². The molecule has 2 atom stereocenters. The molecule has 2 saturated heterocycles. The number of alkyl halides is 2. The van der Waals surface area contributed by atoms with Crippen molar-refractivity contribution in [1.82, 2.24) is 9.96 Å². The van der Waals surface area contributed by atoms with E-state index in [0.717, 1.165) is 4.90 Å². The number of hydroxylamine groups is 2. The number of carboxylic acid groups (broad SMARTS) is 1. The molecular weight excluding hydrogens is 291 g/mol. The van der Waals surface area contributed by atoms with Crippen LogP contribution in [0, 0.1) is 0 Å². The molecule has 0 unspecified atom stereocenters. The Balaban J connectivity index is 0.00000200. The summed E-state index contributed by atoms with van der Waals surface area (Å²) in [4.78, 5) is 37.9. The molecule has 0 spiro atoms. The van der Waals surface area contributed by atoms with Gasteiger partial charge in [-0.05, 0) is 12.8 Å². The molecule has 2 aliphatic heterocycles. The van der Waals surface area contributed by atoms with Crippen LogP contribution in [-0.2, 0) is 14.4 Å². The summed E-state index contributed by atoms with van der Waals surface area (Å²) >= 11 is 0. The topological polar surface area (TPSA) is 116 Å². The molecule has 0 aromatic rings. The van der Waals surface area contributed by atoms with E-state index in [4.69, 9.17) is 5.73 Å². The Kier molecular flexibility index (Phi) is 4.95. The number of rotatable bonds is 4. The minimum atomic E-state index is -4.61. The molecule has 20 heavy (non-hydrogen) atoms. The summed E-state index contributed by atoms with van der Waals surface area (Å²) in [6.45, 7) is -0.0183. The summed E-state index contributed by atoms with van der Waals surface area (Å²) in [6.07, 6.45) is -4.20. The normalized spacial score (nSPS) is 25.4. The predicted octanol–water partition coefficient (Wildman–Crippen LogP) is -4.98. The van der Waals surface area contributed by atoms with Crippen LogP contribution in [0.2, 0.25) is 0 Å². The summed E-state index contributed by atoms with van der Waals surface area (Å²) in [5.41, 5.74) is 5.09. The first-order chi connectivity index (χ1) is 8.74. The van der Waals surface area contributed by atoms with E-state index in [-0.39, 0.29) is 54.0 Å². The van der Waals surface area contributed by atoms with Crippen molar-refractivity contribution in [3.8, 4) is 0 Å². The van der Waals surface area contributed by atoms with Gasteiger partial charge in [-0.2, -0.15) is 18.7 Å². The third-order valence-corrected chi connectivity index (χ3v) is 3.10. The standard InChI is InChI=1S/C9H11F2N3O5.Na/c10-9(11,7(16)17)19-14-4-1-2-5(6(12)15)13(3-4)8(14)18;/h4-5H,1-3H2,(H2,12,15)(H,16,17);/q;+1/p-1/t4-,5+;/m1./s1. The maximum Gasteiger partial charge on any atom is 1.00 e. The molecule has 2 heterocycles. The van der Waals surface area contributed by atoms with E-state index < -0.39 is 36.1 Å². The van der Waals surface area contributed by atoms with Gasteiger partial charge in [0.1, 0.15) is 12.0 Å². The van der Waals surface area contributed by atoms with E-state index in [1.807, 2.05) is 0 Å². The predicted molar refractivity (Wildman–Crippen MR) is 51.0 cm³/mol. The summed E-state index contributed by atoms with van der Waals surface area (Å²) in [5, 5.41) is 10.4. The fraction of sp³-hybridized carbons (Fsp3) is 0.667. The number of nitrogens with two attached hydrogens (primary N) is 1. The van der Waals surface area contributed by atoms with Crippen molar-refractivity contribution in [2.75, 3.05) is 6.54 Å². The zero-order valence-electron chi connectivity index (χ0n) is 10.5. The second kappa shape index (κ2) is 5.80. The monoisotopic (exact) mass is 301 g/mol. The molecule has 0 aromatic heterocycles. The fourth-order valence-electron chi connectivity index (χ4n) is 2.21. The minimum Gasteiger partial charge on any atom is -0.542 e. The van der Waals surface area contributed by atoms with Crippen LogP contribution in [0.5, 0.6) is 0 Å². The van der Waals surface area contributed by atoms with Crippen molar-refractivity contribution >= 4 is 17.9 Å². The van der Waals surface area contributed by atoms with Crippen molar-refractivity contribution < 1.29 is 62.7 Å². The van der Waals surface area contributed by atoms with Gasteiger partial charge in [-0.25, -0.2) is 4.79 Å². The molecule has 0 aromatic carbocycles. The molecule has 0 saturated carbocycles. The van der Waals surface area contributed by atoms with E-state index >= 15 is 0 Å². The molecule has 0 radical (unpaired) electrons. The molecule has 2 aliphatic rings. The van der Waals surface area contributed by atoms with Gasteiger partial charge in [0.2, 0.25) is 5.91 Å². The number of carbonyl (C=O) groups is 3. The number of primary amides is 1. The molecule has 3 amide bonds. The van der Waals surface area contributed by atoms with Gasteiger partial charge in [-0.1, -0.05) is 0 Å². The number of amides is 3. The van der Waals surface area contributed by atoms with E-state index in [0.29, 0.717) is 0 Å². The van der Waals surface area contributed by atoms with Crippen LogP contribution < -0.4 is 40.4 Å². The summed E-state index contributed by atoms with van der Waals surface area (Å²) in [6, 6.07) is -2.64. The SMILES string of the molecule is NC(=O)[C@@H]1CC[C@@H]2CN1C(=O)N2OC(F)(F)C(=O)[O-].[Na+]. The van der Waals surface area contributed by atoms with E-state index in [1.165, 1.54) is 0 Å². The number of nitrogens with zero attached hydrogens (tertiary/aromatic N) is 2. The van der Waals surface area contributed by atoms with Crippen LogP contribution in [-0.4, -0.2) is 52.6 Å². The molecule has 2 rings (SSSR count). The number of carboxylic acids is 1. The minimum absolute atomic E-state index is 0. The number of piperidine rings is 1. The number of urea groups is 1. The Hall–Kier alpha value is -0.970. The number of carbonyl (C=O) groups excluding carboxylic acids is 3. The van der Waals surface area contributed by atoms with Crippen molar-refractivity contribution in [3.63, 3.8) is 0 Å². The summed E-state index contributed by atoms with van der Waals surface area (Å²) in [7, 11) is 0. The van der Waals surface area contributed by atoms with Crippen LogP contribution in [0.25, 0.3) is 0 Å². The van der Waals surface area contributed by atoms with E-state index in [2.05, 4.69) is 4.84 Å². The number of fused-ring (bicyclic) bond motifs is 2. The van der Waals surface area contributed by atoms with Crippen LogP contribution >= 0.6 is 0 Å². The van der Waals surface area contributed by atoms with E-state index in [9.17, 15) is 28.3 Å². The van der Waals surface area contributed by atoms with Crippen LogP contribution in [0.4, 0.5) is 13.6 Å². The largest absolute Gasteiger partial charge is 1.00 e. The number of hydrogen-bond donors (Lipinski definition) is 1. The summed E-state index contributed by atoms with van der Waals surface area (Å²) in [5.74, 6) is -3.50. The van der Waals surface area contributed by atoms with Gasteiger partial charge in [0.25, 0.3) is 0 Å². The fourth-order valence-corrected chi connectivity index (χ4v) is 2.21. The smallest absolute Gasteiger partial charge is 0.542 e. The van der Waals surface area contributed by atoms with Gasteiger partial charge in [-0.3, -0.25) is 4.79 Å². The van der Waals surface area contributed by atoms with Gasteiger partial charge < -0.3 is 20.5 Å². The van der Waals surface area contributed by atoms with Crippen molar-refractivity contribution in [3.05, 3.63) is 0 Å². The molecule has 2 bridgehead atoms. The van der Waals surface area contributed by atoms with Crippen molar-refractivity contribution in [2.24, 2.45) is 5.73 Å². The number of halogens is 2. The van der Waals surface area contributed by atoms with Gasteiger partial charge in [0.05, 0.1) is 6.04 Å². The maximum absolute atomic E-state index is 12.9.